The number of hydrogen-bond acceptors (Lipinski definition) is 3. The van der Waals surface area contributed by atoms with Crippen LogP contribution in [-0.2, 0) is 4.79 Å². The zero-order valence-corrected chi connectivity index (χ0v) is 17.0. The van der Waals surface area contributed by atoms with Crippen molar-refractivity contribution in [3.8, 4) is 0 Å². The molecule has 1 heterocycles. The number of aliphatic hydroxyl groups excluding tert-OH is 1. The number of carbonyl (C=O) groups is 1. The van der Waals surface area contributed by atoms with Crippen LogP contribution in [-0.4, -0.2) is 41.6 Å². The van der Waals surface area contributed by atoms with Crippen molar-refractivity contribution >= 4 is 11.6 Å². The minimum Gasteiger partial charge on any atom is -0.387 e. The molecular weight excluding hydrogens is 348 g/mol. The van der Waals surface area contributed by atoms with Gasteiger partial charge in [0, 0.05) is 31.2 Å². The first-order chi connectivity index (χ1) is 13.6. The van der Waals surface area contributed by atoms with Gasteiger partial charge < -0.3 is 14.9 Å². The maximum Gasteiger partial charge on any atom is 0.226 e. The summed E-state index contributed by atoms with van der Waals surface area (Å²) < 4.78 is 0. The number of carbonyl (C=O) groups excluding carboxylic acids is 1. The van der Waals surface area contributed by atoms with Gasteiger partial charge >= 0.3 is 0 Å². The monoisotopic (exact) mass is 380 g/mol. The van der Waals surface area contributed by atoms with Crippen LogP contribution in [0.3, 0.4) is 0 Å². The Balaban J connectivity index is 1.68. The summed E-state index contributed by atoms with van der Waals surface area (Å²) in [6.45, 7) is 6.64. The van der Waals surface area contributed by atoms with E-state index >= 15 is 0 Å². The fourth-order valence-electron chi connectivity index (χ4n) is 4.25. The van der Waals surface area contributed by atoms with E-state index in [1.807, 2.05) is 72.5 Å². The molecule has 0 aliphatic carbocycles. The molecule has 0 unspecified atom stereocenters. The standard InChI is InChI=1S/C24H32N2O2/c1-3-24(28)26(22-14-8-5-9-15-22)19(2)21-13-10-16-25(17-21)18-23(27)20-11-6-4-7-12-20/h4-9,11-12,14-15,19,21,23,27H,3,10,13,16-18H2,1-2H3/t19-,21-,23-/m1/s1. The number of aliphatic hydroxyl groups is 1. The third kappa shape index (κ3) is 5.00. The van der Waals surface area contributed by atoms with Gasteiger partial charge in [0.1, 0.15) is 0 Å². The van der Waals surface area contributed by atoms with Crippen LogP contribution in [0, 0.1) is 5.92 Å². The highest BCUT2D eigenvalue weighted by Crippen LogP contribution is 2.28. The fraction of sp³-hybridized carbons (Fsp3) is 0.458. The Morgan fingerprint density at radius 3 is 2.43 bits per heavy atom. The molecule has 2 aromatic rings. The van der Waals surface area contributed by atoms with Gasteiger partial charge in [-0.25, -0.2) is 0 Å². The predicted molar refractivity (Wildman–Crippen MR) is 114 cm³/mol. The molecule has 0 saturated carbocycles. The molecule has 1 saturated heterocycles. The van der Waals surface area contributed by atoms with Gasteiger partial charge in [-0.15, -0.1) is 0 Å². The summed E-state index contributed by atoms with van der Waals surface area (Å²) in [6, 6.07) is 20.0. The second-order valence-corrected chi connectivity index (χ2v) is 7.78. The minimum absolute atomic E-state index is 0.131. The van der Waals surface area contributed by atoms with Gasteiger partial charge in [0.2, 0.25) is 5.91 Å². The molecule has 1 amide bonds. The molecule has 0 aromatic heterocycles. The van der Waals surface area contributed by atoms with Crippen molar-refractivity contribution in [2.45, 2.75) is 45.3 Å². The van der Waals surface area contributed by atoms with Crippen LogP contribution in [0.2, 0.25) is 0 Å². The lowest BCUT2D eigenvalue weighted by atomic mass is 9.89. The lowest BCUT2D eigenvalue weighted by Crippen LogP contribution is -2.49. The van der Waals surface area contributed by atoms with E-state index in [1.165, 1.54) is 0 Å². The Morgan fingerprint density at radius 1 is 1.14 bits per heavy atom. The summed E-state index contributed by atoms with van der Waals surface area (Å²) >= 11 is 0. The van der Waals surface area contributed by atoms with Crippen molar-refractivity contribution in [1.29, 1.82) is 0 Å². The molecule has 4 heteroatoms. The Morgan fingerprint density at radius 2 is 1.79 bits per heavy atom. The van der Waals surface area contributed by atoms with Crippen LogP contribution in [0.4, 0.5) is 5.69 Å². The molecule has 3 rings (SSSR count). The molecule has 0 spiro atoms. The fourth-order valence-corrected chi connectivity index (χ4v) is 4.25. The third-order valence-corrected chi connectivity index (χ3v) is 5.85. The van der Waals surface area contributed by atoms with Crippen LogP contribution in [0.15, 0.2) is 60.7 Å². The number of anilines is 1. The van der Waals surface area contributed by atoms with E-state index in [1.54, 1.807) is 0 Å². The van der Waals surface area contributed by atoms with E-state index in [4.69, 9.17) is 0 Å². The van der Waals surface area contributed by atoms with E-state index in [2.05, 4.69) is 11.8 Å². The number of piperidine rings is 1. The van der Waals surface area contributed by atoms with Crippen molar-refractivity contribution in [3.05, 3.63) is 66.2 Å². The Kier molecular flexibility index (Phi) is 7.24. The normalized spacial score (nSPS) is 19.8. The largest absolute Gasteiger partial charge is 0.387 e. The number of likely N-dealkylation sites (tertiary alicyclic amines) is 1. The first-order valence-electron chi connectivity index (χ1n) is 10.4. The van der Waals surface area contributed by atoms with Crippen LogP contribution >= 0.6 is 0 Å². The number of rotatable bonds is 7. The highest BCUT2D eigenvalue weighted by atomic mass is 16.3. The molecule has 28 heavy (non-hydrogen) atoms. The van der Waals surface area contributed by atoms with Crippen molar-refractivity contribution < 1.29 is 9.90 Å². The molecule has 1 fully saturated rings. The summed E-state index contributed by atoms with van der Waals surface area (Å²) in [5.41, 5.74) is 1.94. The number of para-hydroxylation sites is 1. The average Bonchev–Trinajstić information content (AvgIpc) is 2.75. The van der Waals surface area contributed by atoms with Crippen molar-refractivity contribution in [1.82, 2.24) is 4.90 Å². The molecule has 0 radical (unpaired) electrons. The van der Waals surface area contributed by atoms with Gasteiger partial charge in [0.15, 0.2) is 0 Å². The lowest BCUT2D eigenvalue weighted by molar-refractivity contribution is -0.119. The van der Waals surface area contributed by atoms with Crippen molar-refractivity contribution in [3.63, 3.8) is 0 Å². The number of amides is 1. The maximum atomic E-state index is 12.7. The van der Waals surface area contributed by atoms with Crippen molar-refractivity contribution in [2.24, 2.45) is 5.92 Å². The van der Waals surface area contributed by atoms with Gasteiger partial charge in [-0.2, -0.15) is 0 Å². The number of hydrogen-bond donors (Lipinski definition) is 1. The van der Waals surface area contributed by atoms with Crippen LogP contribution in [0.1, 0.15) is 44.8 Å². The molecule has 3 atom stereocenters. The summed E-state index contributed by atoms with van der Waals surface area (Å²) in [7, 11) is 0. The quantitative estimate of drug-likeness (QED) is 0.780. The first-order valence-corrected chi connectivity index (χ1v) is 10.4. The predicted octanol–water partition coefficient (Wildman–Crippen LogP) is 4.26. The van der Waals surface area contributed by atoms with E-state index in [0.717, 1.165) is 37.2 Å². The summed E-state index contributed by atoms with van der Waals surface area (Å²) in [5, 5.41) is 10.6. The number of benzene rings is 2. The van der Waals surface area contributed by atoms with Gasteiger partial charge in [-0.3, -0.25) is 4.79 Å². The van der Waals surface area contributed by atoms with E-state index < -0.39 is 6.10 Å². The molecule has 1 aliphatic rings. The van der Waals surface area contributed by atoms with E-state index in [9.17, 15) is 9.90 Å². The number of nitrogens with zero attached hydrogens (tertiary/aromatic N) is 2. The van der Waals surface area contributed by atoms with Crippen LogP contribution < -0.4 is 4.90 Å². The van der Waals surface area contributed by atoms with Gasteiger partial charge in [0.05, 0.1) is 6.10 Å². The van der Waals surface area contributed by atoms with Crippen molar-refractivity contribution in [2.75, 3.05) is 24.5 Å². The van der Waals surface area contributed by atoms with Gasteiger partial charge in [0.25, 0.3) is 0 Å². The zero-order chi connectivity index (χ0) is 19.9. The summed E-state index contributed by atoms with van der Waals surface area (Å²) in [6.07, 6.45) is 2.24. The molecule has 1 N–H and O–H groups in total. The zero-order valence-electron chi connectivity index (χ0n) is 17.0. The number of β-amino-alcohol motifs (C(OH)–C–C–N with tert-alkyl or cyclic N) is 1. The molecule has 2 aromatic carbocycles. The second-order valence-electron chi connectivity index (χ2n) is 7.78. The Labute approximate surface area is 168 Å². The molecule has 1 aliphatic heterocycles. The molecule has 0 bridgehead atoms. The Bertz CT molecular complexity index is 735. The average molecular weight is 381 g/mol. The maximum absolute atomic E-state index is 12.7. The van der Waals surface area contributed by atoms with E-state index in [-0.39, 0.29) is 11.9 Å². The smallest absolute Gasteiger partial charge is 0.226 e. The van der Waals surface area contributed by atoms with Gasteiger partial charge in [-0.1, -0.05) is 55.5 Å². The summed E-state index contributed by atoms with van der Waals surface area (Å²) in [5.74, 6) is 0.563. The topological polar surface area (TPSA) is 43.8 Å². The highest BCUT2D eigenvalue weighted by molar-refractivity contribution is 5.93. The molecular formula is C24H32N2O2. The lowest BCUT2D eigenvalue weighted by Gasteiger charge is -2.41. The third-order valence-electron chi connectivity index (χ3n) is 5.85. The SMILES string of the molecule is CCC(=O)N(c1ccccc1)[C@H](C)[C@@H]1CCCN(C[C@@H](O)c2ccccc2)C1. The molecule has 4 nitrogen and oxygen atoms in total. The Hall–Kier alpha value is -2.17. The van der Waals surface area contributed by atoms with Gasteiger partial charge in [-0.05, 0) is 49.9 Å². The minimum atomic E-state index is -0.474. The second kappa shape index (κ2) is 9.85. The van der Waals surface area contributed by atoms with Crippen LogP contribution in [0.5, 0.6) is 0 Å². The first kappa shape index (κ1) is 20.6. The van der Waals surface area contributed by atoms with Crippen LogP contribution in [0.25, 0.3) is 0 Å². The summed E-state index contributed by atoms with van der Waals surface area (Å²) in [4.78, 5) is 17.0. The van der Waals surface area contributed by atoms with E-state index in [0.29, 0.717) is 18.9 Å². The molecule has 150 valence electrons. The highest BCUT2D eigenvalue weighted by Gasteiger charge is 2.31.